The lowest BCUT2D eigenvalue weighted by Crippen LogP contribution is -2.27. The van der Waals surface area contributed by atoms with Crippen molar-refractivity contribution < 1.29 is 18.3 Å². The summed E-state index contributed by atoms with van der Waals surface area (Å²) < 4.78 is 34.8. The summed E-state index contributed by atoms with van der Waals surface area (Å²) in [5.41, 5.74) is 5.19. The first-order chi connectivity index (χ1) is 19.0. The molecular weight excluding hydrogens is 514 g/mol. The average molecular weight is 551 g/mol. The summed E-state index contributed by atoms with van der Waals surface area (Å²) in [7, 11) is 3.95. The summed E-state index contributed by atoms with van der Waals surface area (Å²) in [6, 6.07) is 11.1. The molecule has 0 unspecified atom stereocenters. The molecule has 2 aromatic heterocycles. The van der Waals surface area contributed by atoms with Crippen LogP contribution < -0.4 is 10.1 Å². The number of amides is 1. The zero-order valence-electron chi connectivity index (χ0n) is 23.7. The van der Waals surface area contributed by atoms with Crippen LogP contribution in [0.1, 0.15) is 60.9 Å². The molecule has 40 heavy (non-hydrogen) atoms. The van der Waals surface area contributed by atoms with Gasteiger partial charge >= 0.3 is 6.55 Å². The number of benzene rings is 2. The molecule has 2 aromatic carbocycles. The van der Waals surface area contributed by atoms with Crippen LogP contribution in [0.25, 0.3) is 22.3 Å². The topological polar surface area (TPSA) is 77.2 Å². The predicted molar refractivity (Wildman–Crippen MR) is 152 cm³/mol. The highest BCUT2D eigenvalue weighted by molar-refractivity contribution is 5.96. The minimum Gasteiger partial charge on any atom is -0.492 e. The van der Waals surface area contributed by atoms with Gasteiger partial charge in [0.05, 0.1) is 18.4 Å². The number of rotatable bonds is 11. The number of halogens is 2. The van der Waals surface area contributed by atoms with Crippen LogP contribution in [0.15, 0.2) is 61.2 Å². The molecule has 1 atom stereocenters. The Labute approximate surface area is 233 Å². The number of ether oxygens (including phenoxy) is 1. The molecule has 0 aliphatic carbocycles. The maximum absolute atomic E-state index is 13.4. The number of likely N-dealkylation sites (N-methyl/N-ethyl adjacent to an activating group) is 1. The van der Waals surface area contributed by atoms with Crippen molar-refractivity contribution in [3.63, 3.8) is 0 Å². The fraction of sp³-hybridized carbons (Fsp3) is 0.367. The second-order valence-electron chi connectivity index (χ2n) is 10.5. The van der Waals surface area contributed by atoms with E-state index < -0.39 is 6.55 Å². The molecule has 0 bridgehead atoms. The molecule has 10 heteroatoms. The van der Waals surface area contributed by atoms with Gasteiger partial charge in [-0.2, -0.15) is 19.0 Å². The molecule has 0 radical (unpaired) electrons. The number of alkyl halides is 2. The minimum absolute atomic E-state index is 0.185. The summed E-state index contributed by atoms with van der Waals surface area (Å²) in [5, 5.41) is 11.3. The molecule has 8 nitrogen and oxygen atoms in total. The van der Waals surface area contributed by atoms with Gasteiger partial charge in [-0.05, 0) is 94.4 Å². The van der Waals surface area contributed by atoms with Crippen molar-refractivity contribution >= 4 is 5.91 Å². The number of aryl methyl sites for hydroxylation is 1. The van der Waals surface area contributed by atoms with E-state index in [0.717, 1.165) is 28.8 Å². The lowest BCUT2D eigenvalue weighted by atomic mass is 9.96. The summed E-state index contributed by atoms with van der Waals surface area (Å²) >= 11 is 0. The molecule has 0 saturated carbocycles. The Hall–Kier alpha value is -4.05. The van der Waals surface area contributed by atoms with Crippen molar-refractivity contribution in [2.75, 3.05) is 27.2 Å². The molecule has 0 aliphatic rings. The third-order valence-electron chi connectivity index (χ3n) is 6.66. The Morgan fingerprint density at radius 3 is 2.12 bits per heavy atom. The number of nitrogens with zero attached hydrogens (tertiary/aromatic N) is 5. The van der Waals surface area contributed by atoms with Crippen LogP contribution in [0.5, 0.6) is 5.75 Å². The summed E-state index contributed by atoms with van der Waals surface area (Å²) in [4.78, 5) is 15.4. The SMILES string of the molecule is Cc1ccc(OCCN(C)C)cc1C(=O)N[C@H](C)c1cc(-c2cnn(C(C)C)c2)cc(-c2cnn(C(F)F)c2)c1. The highest BCUT2D eigenvalue weighted by Crippen LogP contribution is 2.32. The zero-order valence-corrected chi connectivity index (χ0v) is 23.7. The van der Waals surface area contributed by atoms with Gasteiger partial charge in [0.15, 0.2) is 0 Å². The summed E-state index contributed by atoms with van der Waals surface area (Å²) in [6.45, 7) is 6.40. The monoisotopic (exact) mass is 550 g/mol. The van der Waals surface area contributed by atoms with Gasteiger partial charge in [-0.15, -0.1) is 0 Å². The fourth-order valence-electron chi connectivity index (χ4n) is 4.24. The number of carbonyl (C=O) groups is 1. The Morgan fingerprint density at radius 2 is 1.57 bits per heavy atom. The lowest BCUT2D eigenvalue weighted by Gasteiger charge is -2.18. The second kappa shape index (κ2) is 12.4. The van der Waals surface area contributed by atoms with Crippen molar-refractivity contribution in [1.29, 1.82) is 0 Å². The number of hydrogen-bond donors (Lipinski definition) is 1. The third-order valence-corrected chi connectivity index (χ3v) is 6.66. The van der Waals surface area contributed by atoms with Gasteiger partial charge in [0.25, 0.3) is 5.91 Å². The fourth-order valence-corrected chi connectivity index (χ4v) is 4.24. The first-order valence-corrected chi connectivity index (χ1v) is 13.2. The van der Waals surface area contributed by atoms with Gasteiger partial charge in [0, 0.05) is 41.7 Å². The molecule has 1 N–H and O–H groups in total. The minimum atomic E-state index is -2.73. The van der Waals surface area contributed by atoms with E-state index in [4.69, 9.17) is 4.74 Å². The van der Waals surface area contributed by atoms with Gasteiger partial charge in [0.1, 0.15) is 12.4 Å². The zero-order chi connectivity index (χ0) is 29.0. The van der Waals surface area contributed by atoms with E-state index in [-0.39, 0.29) is 18.0 Å². The van der Waals surface area contributed by atoms with Gasteiger partial charge < -0.3 is 15.0 Å². The highest BCUT2D eigenvalue weighted by atomic mass is 19.3. The maximum Gasteiger partial charge on any atom is 0.333 e. The van der Waals surface area contributed by atoms with Crippen LogP contribution in [-0.2, 0) is 0 Å². The number of carbonyl (C=O) groups excluding carboxylic acids is 1. The van der Waals surface area contributed by atoms with Crippen LogP contribution in [0.2, 0.25) is 0 Å². The molecule has 0 spiro atoms. The maximum atomic E-state index is 13.4. The van der Waals surface area contributed by atoms with E-state index in [1.165, 1.54) is 12.4 Å². The third kappa shape index (κ3) is 6.93. The van der Waals surface area contributed by atoms with Gasteiger partial charge in [-0.1, -0.05) is 6.07 Å². The Balaban J connectivity index is 1.63. The molecule has 0 saturated heterocycles. The predicted octanol–water partition coefficient (Wildman–Crippen LogP) is 6.13. The van der Waals surface area contributed by atoms with E-state index in [9.17, 15) is 13.6 Å². The summed E-state index contributed by atoms with van der Waals surface area (Å²) in [5.74, 6) is 0.404. The van der Waals surface area contributed by atoms with Crippen molar-refractivity contribution in [3.05, 3.63) is 77.9 Å². The van der Waals surface area contributed by atoms with Gasteiger partial charge in [-0.3, -0.25) is 9.48 Å². The molecule has 0 fully saturated rings. The van der Waals surface area contributed by atoms with Crippen LogP contribution >= 0.6 is 0 Å². The molecule has 212 valence electrons. The van der Waals surface area contributed by atoms with Crippen LogP contribution in [0.4, 0.5) is 8.78 Å². The normalized spacial score (nSPS) is 12.4. The molecule has 4 aromatic rings. The smallest absolute Gasteiger partial charge is 0.333 e. The van der Waals surface area contributed by atoms with Crippen molar-refractivity contribution in [1.82, 2.24) is 29.8 Å². The van der Waals surface area contributed by atoms with Crippen LogP contribution in [0, 0.1) is 6.92 Å². The lowest BCUT2D eigenvalue weighted by molar-refractivity contribution is 0.0566. The first-order valence-electron chi connectivity index (χ1n) is 13.2. The molecule has 4 rings (SSSR count). The van der Waals surface area contributed by atoms with Crippen molar-refractivity contribution in [2.24, 2.45) is 0 Å². The Bertz CT molecular complexity index is 1400. The highest BCUT2D eigenvalue weighted by Gasteiger charge is 2.18. The quantitative estimate of drug-likeness (QED) is 0.243. The van der Waals surface area contributed by atoms with E-state index in [1.54, 1.807) is 12.3 Å². The Morgan fingerprint density at radius 1 is 0.950 bits per heavy atom. The number of aromatic nitrogens is 4. The van der Waals surface area contributed by atoms with Crippen molar-refractivity contribution in [3.8, 4) is 28.0 Å². The van der Waals surface area contributed by atoms with E-state index in [2.05, 4.69) is 15.5 Å². The standard InChI is InChI=1S/C30H36F2N6O2/c1-19(2)37-17-25(15-33-37)23-11-22(12-24(13-23)26-16-34-38(18-26)30(31)32)21(4)35-29(39)28-14-27(8-7-20(28)3)40-10-9-36(5)6/h7-8,11-19,21,30H,9-10H2,1-6H3,(H,35,39)/t21-/m1/s1. The van der Waals surface area contributed by atoms with Gasteiger partial charge in [-0.25, -0.2) is 4.68 Å². The molecule has 1 amide bonds. The van der Waals surface area contributed by atoms with E-state index in [1.807, 2.05) is 87.9 Å². The second-order valence-corrected chi connectivity index (χ2v) is 10.5. The number of hydrogen-bond acceptors (Lipinski definition) is 5. The Kier molecular flexibility index (Phi) is 8.99. The van der Waals surface area contributed by atoms with E-state index in [0.29, 0.717) is 33.7 Å². The molecular formula is C30H36F2N6O2. The van der Waals surface area contributed by atoms with Crippen molar-refractivity contribution in [2.45, 2.75) is 46.3 Å². The summed E-state index contributed by atoms with van der Waals surface area (Å²) in [6.07, 6.45) is 6.46. The largest absolute Gasteiger partial charge is 0.492 e. The van der Waals surface area contributed by atoms with Crippen LogP contribution in [-0.4, -0.2) is 57.6 Å². The van der Waals surface area contributed by atoms with E-state index >= 15 is 0 Å². The first kappa shape index (κ1) is 28.9. The van der Waals surface area contributed by atoms with Crippen LogP contribution in [0.3, 0.4) is 0 Å². The average Bonchev–Trinajstić information content (AvgIpc) is 3.60. The van der Waals surface area contributed by atoms with Gasteiger partial charge in [0.2, 0.25) is 0 Å². The molecule has 2 heterocycles. The number of nitrogens with one attached hydrogen (secondary N) is 1. The molecule has 0 aliphatic heterocycles.